The van der Waals surface area contributed by atoms with E-state index in [9.17, 15) is 18.0 Å². The molecule has 1 fully saturated rings. The molecule has 1 amide bonds. The molecule has 8 heteroatoms. The van der Waals surface area contributed by atoms with Crippen molar-refractivity contribution in [3.63, 3.8) is 0 Å². The van der Waals surface area contributed by atoms with Crippen molar-refractivity contribution in [2.24, 2.45) is 5.84 Å². The fourth-order valence-corrected chi connectivity index (χ4v) is 3.55. The Labute approximate surface area is 161 Å². The van der Waals surface area contributed by atoms with Crippen LogP contribution in [0.5, 0.6) is 0 Å². The molecule has 1 heterocycles. The lowest BCUT2D eigenvalue weighted by atomic mass is 10.00. The molecule has 1 aliphatic rings. The molecule has 0 aliphatic carbocycles. The number of hydrazine groups is 1. The van der Waals surface area contributed by atoms with Crippen molar-refractivity contribution in [2.75, 3.05) is 26.2 Å². The maximum Gasteiger partial charge on any atom is 0.265 e. The van der Waals surface area contributed by atoms with E-state index in [2.05, 4.69) is 4.90 Å². The van der Waals surface area contributed by atoms with Crippen molar-refractivity contribution >= 4 is 5.91 Å². The Morgan fingerprint density at radius 2 is 1.96 bits per heavy atom. The van der Waals surface area contributed by atoms with E-state index in [4.69, 9.17) is 5.84 Å². The van der Waals surface area contributed by atoms with Gasteiger partial charge in [-0.2, -0.15) is 0 Å². The number of carbonyl (C=O) groups excluding carboxylic acids is 1. The van der Waals surface area contributed by atoms with Gasteiger partial charge in [0.1, 0.15) is 5.82 Å². The summed E-state index contributed by atoms with van der Waals surface area (Å²) in [6, 6.07) is 7.86. The van der Waals surface area contributed by atoms with E-state index >= 15 is 0 Å². The number of amides is 1. The number of nitrogen functional groups attached to an aromatic ring is 1. The van der Waals surface area contributed by atoms with Crippen molar-refractivity contribution in [3.05, 3.63) is 70.5 Å². The Hall–Kier alpha value is -2.42. The van der Waals surface area contributed by atoms with Crippen LogP contribution in [0.25, 0.3) is 0 Å². The van der Waals surface area contributed by atoms with Crippen LogP contribution in [0.4, 0.5) is 13.2 Å². The van der Waals surface area contributed by atoms with Gasteiger partial charge in [0.2, 0.25) is 0 Å². The Kier molecular flexibility index (Phi) is 6.33. The third-order valence-corrected chi connectivity index (χ3v) is 5.18. The van der Waals surface area contributed by atoms with Crippen LogP contribution in [-0.2, 0) is 6.54 Å². The summed E-state index contributed by atoms with van der Waals surface area (Å²) in [7, 11) is 0. The van der Waals surface area contributed by atoms with E-state index in [-0.39, 0.29) is 17.7 Å². The first-order valence-electron chi connectivity index (χ1n) is 9.14. The summed E-state index contributed by atoms with van der Waals surface area (Å²) in [5.41, 5.74) is 2.72. The number of carbonyl (C=O) groups is 1. The number of benzene rings is 2. The molecule has 5 nitrogen and oxygen atoms in total. The molecule has 1 unspecified atom stereocenters. The van der Waals surface area contributed by atoms with Crippen molar-refractivity contribution in [1.29, 1.82) is 0 Å². The molecule has 0 spiro atoms. The van der Waals surface area contributed by atoms with Crippen LogP contribution in [0.3, 0.4) is 0 Å². The van der Waals surface area contributed by atoms with Crippen molar-refractivity contribution in [2.45, 2.75) is 19.5 Å². The molecule has 3 rings (SSSR count). The summed E-state index contributed by atoms with van der Waals surface area (Å²) >= 11 is 0. The molecule has 0 aromatic heterocycles. The molecule has 1 aliphatic heterocycles. The van der Waals surface area contributed by atoms with Crippen molar-refractivity contribution < 1.29 is 18.0 Å². The second kappa shape index (κ2) is 8.72. The molecule has 0 saturated carbocycles. The van der Waals surface area contributed by atoms with Gasteiger partial charge in [-0.1, -0.05) is 25.1 Å². The van der Waals surface area contributed by atoms with E-state index in [1.807, 2.05) is 17.2 Å². The van der Waals surface area contributed by atoms with Crippen LogP contribution < -0.4 is 11.3 Å². The number of rotatable bonds is 5. The lowest BCUT2D eigenvalue weighted by Gasteiger charge is -2.41. The van der Waals surface area contributed by atoms with Gasteiger partial charge in [-0.25, -0.2) is 19.0 Å². The largest absolute Gasteiger partial charge is 0.300 e. The minimum Gasteiger partial charge on any atom is -0.300 e. The maximum absolute atomic E-state index is 14.5. The third-order valence-electron chi connectivity index (χ3n) is 5.18. The van der Waals surface area contributed by atoms with Gasteiger partial charge in [-0.05, 0) is 24.7 Å². The van der Waals surface area contributed by atoms with Crippen LogP contribution in [0.15, 0.2) is 36.4 Å². The summed E-state index contributed by atoms with van der Waals surface area (Å²) in [6.07, 6.45) is 0. The lowest BCUT2D eigenvalue weighted by molar-refractivity contribution is 0.0680. The molecule has 1 atom stereocenters. The summed E-state index contributed by atoms with van der Waals surface area (Å²) in [6.45, 7) is 4.87. The molecule has 28 heavy (non-hydrogen) atoms. The fourth-order valence-electron chi connectivity index (χ4n) is 3.55. The van der Waals surface area contributed by atoms with Gasteiger partial charge in [-0.3, -0.25) is 15.1 Å². The zero-order valence-electron chi connectivity index (χ0n) is 15.6. The average Bonchev–Trinajstić information content (AvgIpc) is 2.71. The molecule has 2 aromatic carbocycles. The predicted molar refractivity (Wildman–Crippen MR) is 99.7 cm³/mol. The highest BCUT2D eigenvalue weighted by Crippen LogP contribution is 2.30. The van der Waals surface area contributed by atoms with E-state index < -0.39 is 29.4 Å². The zero-order chi connectivity index (χ0) is 20.3. The third kappa shape index (κ3) is 4.19. The number of piperazine rings is 1. The minimum atomic E-state index is -0.894. The van der Waals surface area contributed by atoms with Crippen LogP contribution in [0.1, 0.15) is 34.5 Å². The summed E-state index contributed by atoms with van der Waals surface area (Å²) < 4.78 is 42.7. The van der Waals surface area contributed by atoms with Gasteiger partial charge in [0, 0.05) is 42.9 Å². The number of hydrogen-bond acceptors (Lipinski definition) is 4. The number of likely N-dealkylation sites (N-methyl/N-ethyl adjacent to an activating group) is 1. The summed E-state index contributed by atoms with van der Waals surface area (Å²) in [5.74, 6) is 2.19. The van der Waals surface area contributed by atoms with E-state index in [0.29, 0.717) is 18.7 Å². The number of nitrogens with two attached hydrogens (primary N) is 1. The highest BCUT2D eigenvalue weighted by molar-refractivity contribution is 5.93. The Bertz CT molecular complexity index is 861. The van der Waals surface area contributed by atoms with Crippen molar-refractivity contribution in [3.8, 4) is 0 Å². The fraction of sp³-hybridized carbons (Fsp3) is 0.350. The Morgan fingerprint density at radius 1 is 1.18 bits per heavy atom. The number of nitrogens with zero attached hydrogens (tertiary/aromatic N) is 2. The smallest absolute Gasteiger partial charge is 0.265 e. The molecule has 0 radical (unpaired) electrons. The highest BCUT2D eigenvalue weighted by atomic mass is 19.2. The molecule has 2 aromatic rings. The van der Waals surface area contributed by atoms with E-state index in [1.165, 1.54) is 18.2 Å². The molecular weight excluding hydrogens is 369 g/mol. The monoisotopic (exact) mass is 392 g/mol. The zero-order valence-corrected chi connectivity index (χ0v) is 15.6. The molecular formula is C20H23F3N4O. The van der Waals surface area contributed by atoms with Gasteiger partial charge in [0.15, 0.2) is 11.6 Å². The van der Waals surface area contributed by atoms with Crippen molar-refractivity contribution in [1.82, 2.24) is 15.2 Å². The second-order valence-corrected chi connectivity index (χ2v) is 6.80. The Balaban J connectivity index is 1.88. The van der Waals surface area contributed by atoms with Crippen LogP contribution >= 0.6 is 0 Å². The second-order valence-electron chi connectivity index (χ2n) is 6.80. The van der Waals surface area contributed by atoms with Gasteiger partial charge in [0.05, 0.1) is 6.04 Å². The first kappa shape index (κ1) is 20.3. The maximum atomic E-state index is 14.5. The predicted octanol–water partition coefficient (Wildman–Crippen LogP) is 2.59. The van der Waals surface area contributed by atoms with Crippen LogP contribution in [-0.4, -0.2) is 41.9 Å². The van der Waals surface area contributed by atoms with Gasteiger partial charge in [-0.15, -0.1) is 0 Å². The SMILES string of the molecule is CCN1CCN(Cc2ccc(C(=O)NN)cc2F)C(c2cccc(F)c2F)C1. The molecule has 1 saturated heterocycles. The average molecular weight is 392 g/mol. The normalized spacial score (nSPS) is 18.2. The number of hydrogen-bond donors (Lipinski definition) is 2. The first-order chi connectivity index (χ1) is 13.4. The van der Waals surface area contributed by atoms with E-state index in [1.54, 1.807) is 6.07 Å². The molecule has 0 bridgehead atoms. The van der Waals surface area contributed by atoms with Crippen LogP contribution in [0, 0.1) is 17.5 Å². The summed E-state index contributed by atoms with van der Waals surface area (Å²) in [5, 5.41) is 0. The van der Waals surface area contributed by atoms with Gasteiger partial charge >= 0.3 is 0 Å². The first-order valence-corrected chi connectivity index (χ1v) is 9.14. The van der Waals surface area contributed by atoms with Gasteiger partial charge in [0.25, 0.3) is 5.91 Å². The highest BCUT2D eigenvalue weighted by Gasteiger charge is 2.30. The minimum absolute atomic E-state index is 0.118. The number of halogens is 3. The summed E-state index contributed by atoms with van der Waals surface area (Å²) in [4.78, 5) is 15.6. The Morgan fingerprint density at radius 3 is 2.64 bits per heavy atom. The lowest BCUT2D eigenvalue weighted by Crippen LogP contribution is -2.48. The van der Waals surface area contributed by atoms with Gasteiger partial charge < -0.3 is 4.90 Å². The molecule has 150 valence electrons. The van der Waals surface area contributed by atoms with E-state index in [0.717, 1.165) is 25.2 Å². The van der Waals surface area contributed by atoms with Crippen LogP contribution in [0.2, 0.25) is 0 Å². The standard InChI is InChI=1S/C20H23F3N4O/c1-2-26-8-9-27(18(12-26)15-4-3-5-16(21)19(15)23)11-14-7-6-13(10-17(14)22)20(28)25-24/h3-7,10,18H,2,8-9,11-12,24H2,1H3,(H,25,28). The molecule has 3 N–H and O–H groups in total. The quantitative estimate of drug-likeness (QED) is 0.467. The topological polar surface area (TPSA) is 61.6 Å². The number of nitrogens with one attached hydrogen (secondary N) is 1.